The lowest BCUT2D eigenvalue weighted by atomic mass is 10.1. The first-order valence-corrected chi connectivity index (χ1v) is 6.32. The lowest BCUT2D eigenvalue weighted by Gasteiger charge is -2.07. The predicted octanol–water partition coefficient (Wildman–Crippen LogP) is 1.95. The van der Waals surface area contributed by atoms with Crippen LogP contribution in [0, 0.1) is 0 Å². The molecule has 0 saturated carbocycles. The topological polar surface area (TPSA) is 73.6 Å². The van der Waals surface area contributed by atoms with Gasteiger partial charge in [0, 0.05) is 19.0 Å². The molecule has 3 rings (SSSR count). The van der Waals surface area contributed by atoms with Gasteiger partial charge in [-0.2, -0.15) is 5.10 Å². The number of aromatic carboxylic acids is 1. The molecule has 0 bridgehead atoms. The zero-order valence-corrected chi connectivity index (χ0v) is 11.0. The summed E-state index contributed by atoms with van der Waals surface area (Å²) in [5, 5.41) is 13.3. The Morgan fingerprint density at radius 3 is 2.70 bits per heavy atom. The number of hydrogen-bond donors (Lipinski definition) is 1. The Morgan fingerprint density at radius 1 is 1.25 bits per heavy atom. The first-order chi connectivity index (χ1) is 9.65. The molecule has 0 fully saturated rings. The Morgan fingerprint density at radius 2 is 2.00 bits per heavy atom. The maximum Gasteiger partial charge on any atom is 0.354 e. The van der Waals surface area contributed by atoms with E-state index in [0.29, 0.717) is 30.4 Å². The van der Waals surface area contributed by atoms with Crippen molar-refractivity contribution in [3.05, 3.63) is 30.0 Å². The molecule has 2 heterocycles. The molecule has 1 N–H and O–H groups in total. The van der Waals surface area contributed by atoms with E-state index in [1.165, 1.54) is 4.68 Å². The van der Waals surface area contributed by atoms with E-state index in [2.05, 4.69) is 5.10 Å². The van der Waals surface area contributed by atoms with Crippen LogP contribution in [0.5, 0.6) is 11.5 Å². The van der Waals surface area contributed by atoms with E-state index in [1.807, 2.05) is 18.2 Å². The summed E-state index contributed by atoms with van der Waals surface area (Å²) in [6.07, 6.45) is 0.844. The van der Waals surface area contributed by atoms with Crippen LogP contribution in [0.25, 0.3) is 11.3 Å². The van der Waals surface area contributed by atoms with Crippen LogP contribution < -0.4 is 9.47 Å². The molecule has 0 amide bonds. The van der Waals surface area contributed by atoms with E-state index in [4.69, 9.17) is 14.6 Å². The van der Waals surface area contributed by atoms with Gasteiger partial charge >= 0.3 is 5.97 Å². The first-order valence-electron chi connectivity index (χ1n) is 6.32. The van der Waals surface area contributed by atoms with Gasteiger partial charge in [-0.1, -0.05) is 0 Å². The van der Waals surface area contributed by atoms with Crippen LogP contribution in [-0.2, 0) is 7.05 Å². The summed E-state index contributed by atoms with van der Waals surface area (Å²) in [5.41, 5.74) is 1.55. The number of ether oxygens (including phenoxy) is 2. The van der Waals surface area contributed by atoms with Gasteiger partial charge in [0.2, 0.25) is 0 Å². The van der Waals surface area contributed by atoms with Gasteiger partial charge in [0.25, 0.3) is 0 Å². The van der Waals surface area contributed by atoms with Gasteiger partial charge in [-0.15, -0.1) is 0 Å². The van der Waals surface area contributed by atoms with Crippen molar-refractivity contribution in [3.63, 3.8) is 0 Å². The maximum atomic E-state index is 11.0. The minimum atomic E-state index is -0.999. The summed E-state index contributed by atoms with van der Waals surface area (Å²) in [4.78, 5) is 11.0. The highest BCUT2D eigenvalue weighted by molar-refractivity contribution is 5.87. The second kappa shape index (κ2) is 4.88. The second-order valence-corrected chi connectivity index (χ2v) is 4.56. The molecular formula is C14H14N2O4. The molecule has 1 aromatic heterocycles. The van der Waals surface area contributed by atoms with Crippen LogP contribution in [-0.4, -0.2) is 34.1 Å². The number of carboxylic acid groups (broad SMARTS) is 1. The fourth-order valence-electron chi connectivity index (χ4n) is 2.13. The van der Waals surface area contributed by atoms with Gasteiger partial charge in [-0.3, -0.25) is 4.68 Å². The molecule has 0 radical (unpaired) electrons. The average molecular weight is 274 g/mol. The van der Waals surface area contributed by atoms with E-state index in [-0.39, 0.29) is 5.69 Å². The molecule has 6 nitrogen and oxygen atoms in total. The summed E-state index contributed by atoms with van der Waals surface area (Å²) in [5.74, 6) is 0.378. The van der Waals surface area contributed by atoms with Crippen molar-refractivity contribution in [1.82, 2.24) is 9.78 Å². The minimum Gasteiger partial charge on any atom is -0.490 e. The standard InChI is InChI=1S/C14H14N2O4/c1-16-11(14(17)18)8-10(15-16)9-3-4-12-13(7-9)20-6-2-5-19-12/h3-4,7-8H,2,5-6H2,1H3,(H,17,18). The summed E-state index contributed by atoms with van der Waals surface area (Å²) in [6, 6.07) is 7.04. The van der Waals surface area contributed by atoms with Gasteiger partial charge < -0.3 is 14.6 Å². The number of rotatable bonds is 2. The highest BCUT2D eigenvalue weighted by Gasteiger charge is 2.16. The molecule has 0 atom stereocenters. The van der Waals surface area contributed by atoms with Crippen molar-refractivity contribution < 1.29 is 19.4 Å². The van der Waals surface area contributed by atoms with Crippen LogP contribution in [0.1, 0.15) is 16.9 Å². The normalized spacial score (nSPS) is 13.8. The smallest absolute Gasteiger partial charge is 0.354 e. The molecule has 0 saturated heterocycles. The zero-order chi connectivity index (χ0) is 14.1. The van der Waals surface area contributed by atoms with Crippen LogP contribution in [0.15, 0.2) is 24.3 Å². The third-order valence-electron chi connectivity index (χ3n) is 3.14. The summed E-state index contributed by atoms with van der Waals surface area (Å²) in [7, 11) is 1.61. The molecule has 1 aromatic carbocycles. The largest absolute Gasteiger partial charge is 0.490 e. The highest BCUT2D eigenvalue weighted by Crippen LogP contribution is 2.33. The molecular weight excluding hydrogens is 260 g/mol. The van der Waals surface area contributed by atoms with Gasteiger partial charge in [-0.25, -0.2) is 4.79 Å². The third-order valence-corrected chi connectivity index (χ3v) is 3.14. The maximum absolute atomic E-state index is 11.0. The molecule has 0 aliphatic carbocycles. The van der Waals surface area contributed by atoms with E-state index < -0.39 is 5.97 Å². The van der Waals surface area contributed by atoms with Crippen molar-refractivity contribution in [3.8, 4) is 22.8 Å². The number of nitrogens with zero attached hydrogens (tertiary/aromatic N) is 2. The SMILES string of the molecule is Cn1nc(-c2ccc3c(c2)OCCCO3)cc1C(=O)O. The first kappa shape index (κ1) is 12.5. The zero-order valence-electron chi connectivity index (χ0n) is 11.0. The van der Waals surface area contributed by atoms with E-state index in [0.717, 1.165) is 12.0 Å². The number of aromatic nitrogens is 2. The molecule has 0 spiro atoms. The summed E-state index contributed by atoms with van der Waals surface area (Å²) >= 11 is 0. The Labute approximate surface area is 115 Å². The Kier molecular flexibility index (Phi) is 3.06. The van der Waals surface area contributed by atoms with Gasteiger partial charge in [0.15, 0.2) is 11.5 Å². The number of carboxylic acids is 1. The van der Waals surface area contributed by atoms with Crippen LogP contribution in [0.2, 0.25) is 0 Å². The predicted molar refractivity (Wildman–Crippen MR) is 71.2 cm³/mol. The number of hydrogen-bond acceptors (Lipinski definition) is 4. The van der Waals surface area contributed by atoms with Crippen LogP contribution in [0.3, 0.4) is 0 Å². The molecule has 20 heavy (non-hydrogen) atoms. The van der Waals surface area contributed by atoms with E-state index in [1.54, 1.807) is 13.1 Å². The second-order valence-electron chi connectivity index (χ2n) is 4.56. The average Bonchev–Trinajstić information content (AvgIpc) is 2.68. The van der Waals surface area contributed by atoms with Gasteiger partial charge in [0.05, 0.1) is 18.9 Å². The van der Waals surface area contributed by atoms with Crippen molar-refractivity contribution in [2.24, 2.45) is 7.05 Å². The lowest BCUT2D eigenvalue weighted by Crippen LogP contribution is -2.04. The third kappa shape index (κ3) is 2.20. The number of fused-ring (bicyclic) bond motifs is 1. The van der Waals surface area contributed by atoms with Crippen LogP contribution >= 0.6 is 0 Å². The molecule has 2 aromatic rings. The Bertz CT molecular complexity index is 663. The Hall–Kier alpha value is -2.50. The van der Waals surface area contributed by atoms with E-state index >= 15 is 0 Å². The molecule has 104 valence electrons. The Balaban J connectivity index is 2.00. The van der Waals surface area contributed by atoms with E-state index in [9.17, 15) is 4.79 Å². The van der Waals surface area contributed by atoms with Gasteiger partial charge in [-0.05, 0) is 24.3 Å². The fourth-order valence-corrected chi connectivity index (χ4v) is 2.13. The lowest BCUT2D eigenvalue weighted by molar-refractivity contribution is 0.0685. The van der Waals surface area contributed by atoms with Crippen molar-refractivity contribution in [2.75, 3.05) is 13.2 Å². The molecule has 1 aliphatic rings. The van der Waals surface area contributed by atoms with Crippen molar-refractivity contribution >= 4 is 5.97 Å². The summed E-state index contributed by atoms with van der Waals surface area (Å²) < 4.78 is 12.5. The number of benzene rings is 1. The number of aryl methyl sites for hydroxylation is 1. The quantitative estimate of drug-likeness (QED) is 0.906. The molecule has 1 aliphatic heterocycles. The van der Waals surface area contributed by atoms with Crippen molar-refractivity contribution in [2.45, 2.75) is 6.42 Å². The van der Waals surface area contributed by atoms with Gasteiger partial charge in [0.1, 0.15) is 5.69 Å². The minimum absolute atomic E-state index is 0.145. The monoisotopic (exact) mass is 274 g/mol. The van der Waals surface area contributed by atoms with Crippen molar-refractivity contribution in [1.29, 1.82) is 0 Å². The number of carbonyl (C=O) groups is 1. The highest BCUT2D eigenvalue weighted by atomic mass is 16.5. The molecule has 6 heteroatoms. The summed E-state index contributed by atoms with van der Waals surface area (Å²) in [6.45, 7) is 1.25. The fraction of sp³-hybridized carbons (Fsp3) is 0.286. The van der Waals surface area contributed by atoms with Crippen LogP contribution in [0.4, 0.5) is 0 Å². The molecule has 0 unspecified atom stereocenters.